The van der Waals surface area contributed by atoms with Crippen LogP contribution < -0.4 is 0 Å². The van der Waals surface area contributed by atoms with Gasteiger partial charge in [-0.2, -0.15) is 5.10 Å². The summed E-state index contributed by atoms with van der Waals surface area (Å²) in [5.41, 5.74) is 0.775. The van der Waals surface area contributed by atoms with E-state index >= 15 is 0 Å². The summed E-state index contributed by atoms with van der Waals surface area (Å²) in [7, 11) is -1.20. The minimum atomic E-state index is -3.00. The zero-order valence-corrected chi connectivity index (χ0v) is 11.6. The monoisotopic (exact) mass is 272 g/mol. The molecule has 1 fully saturated rings. The molecule has 5 nitrogen and oxygen atoms in total. The number of hydrogen-bond donors (Lipinski definition) is 1. The van der Waals surface area contributed by atoms with E-state index in [0.717, 1.165) is 24.8 Å². The van der Waals surface area contributed by atoms with E-state index in [2.05, 4.69) is 5.10 Å². The van der Waals surface area contributed by atoms with Crippen molar-refractivity contribution in [2.75, 3.05) is 6.26 Å². The van der Waals surface area contributed by atoms with Crippen molar-refractivity contribution in [2.45, 2.75) is 37.0 Å². The lowest BCUT2D eigenvalue weighted by molar-refractivity contribution is 0.0856. The molecule has 1 aliphatic rings. The van der Waals surface area contributed by atoms with Gasteiger partial charge in [0.2, 0.25) is 0 Å². The van der Waals surface area contributed by atoms with E-state index in [9.17, 15) is 13.5 Å². The van der Waals surface area contributed by atoms with Gasteiger partial charge in [-0.25, -0.2) is 8.42 Å². The van der Waals surface area contributed by atoms with E-state index in [1.54, 1.807) is 24.1 Å². The molecule has 3 atom stereocenters. The van der Waals surface area contributed by atoms with Crippen LogP contribution in [-0.4, -0.2) is 34.8 Å². The maximum absolute atomic E-state index is 11.6. The van der Waals surface area contributed by atoms with Crippen LogP contribution in [-0.2, 0) is 16.9 Å². The summed E-state index contributed by atoms with van der Waals surface area (Å²) in [6, 6.07) is 0. The molecule has 0 radical (unpaired) electrons. The van der Waals surface area contributed by atoms with Crippen molar-refractivity contribution in [3.05, 3.63) is 18.0 Å². The maximum Gasteiger partial charge on any atom is 0.150 e. The number of nitrogens with zero attached hydrogens (tertiary/aromatic N) is 2. The molecule has 2 rings (SSSR count). The van der Waals surface area contributed by atoms with Crippen molar-refractivity contribution in [1.29, 1.82) is 0 Å². The minimum absolute atomic E-state index is 0.0164. The SMILES string of the molecule is Cn1cc(C(O)C2CCCC(S(C)(=O)=O)C2)cn1. The Hall–Kier alpha value is -0.880. The first-order valence-electron chi connectivity index (χ1n) is 6.23. The molecule has 0 amide bonds. The number of rotatable bonds is 3. The summed E-state index contributed by atoms with van der Waals surface area (Å²) in [6.07, 6.45) is 7.12. The number of aromatic nitrogens is 2. The van der Waals surface area contributed by atoms with E-state index in [4.69, 9.17) is 0 Å². The normalized spacial score (nSPS) is 27.1. The Morgan fingerprint density at radius 3 is 2.78 bits per heavy atom. The van der Waals surface area contributed by atoms with Crippen LogP contribution in [0.2, 0.25) is 0 Å². The van der Waals surface area contributed by atoms with E-state index < -0.39 is 15.9 Å². The topological polar surface area (TPSA) is 72.2 Å². The fraction of sp³-hybridized carbons (Fsp3) is 0.750. The Balaban J connectivity index is 2.09. The molecular weight excluding hydrogens is 252 g/mol. The predicted octanol–water partition coefficient (Wildman–Crippen LogP) is 1.06. The average Bonchev–Trinajstić information content (AvgIpc) is 2.74. The zero-order chi connectivity index (χ0) is 13.3. The molecule has 1 N–H and O–H groups in total. The van der Waals surface area contributed by atoms with Crippen molar-refractivity contribution >= 4 is 9.84 Å². The van der Waals surface area contributed by atoms with Gasteiger partial charge in [0.15, 0.2) is 0 Å². The molecule has 0 spiro atoms. The summed E-state index contributed by atoms with van der Waals surface area (Å²) in [5, 5.41) is 14.0. The quantitative estimate of drug-likeness (QED) is 0.893. The Labute approximate surface area is 108 Å². The average molecular weight is 272 g/mol. The number of hydrogen-bond acceptors (Lipinski definition) is 4. The molecule has 1 saturated carbocycles. The highest BCUT2D eigenvalue weighted by Crippen LogP contribution is 2.36. The van der Waals surface area contributed by atoms with Crippen molar-refractivity contribution in [3.8, 4) is 0 Å². The lowest BCUT2D eigenvalue weighted by atomic mass is 9.83. The number of aryl methyl sites for hydroxylation is 1. The van der Waals surface area contributed by atoms with Gasteiger partial charge in [-0.1, -0.05) is 6.42 Å². The van der Waals surface area contributed by atoms with Crippen LogP contribution in [0.15, 0.2) is 12.4 Å². The molecular formula is C12H20N2O3S. The molecule has 102 valence electrons. The molecule has 18 heavy (non-hydrogen) atoms. The minimum Gasteiger partial charge on any atom is -0.388 e. The molecule has 0 saturated heterocycles. The molecule has 1 aromatic rings. The van der Waals surface area contributed by atoms with Crippen LogP contribution in [0.1, 0.15) is 37.4 Å². The predicted molar refractivity (Wildman–Crippen MR) is 68.8 cm³/mol. The van der Waals surface area contributed by atoms with Gasteiger partial charge >= 0.3 is 0 Å². The first-order chi connectivity index (χ1) is 8.38. The zero-order valence-electron chi connectivity index (χ0n) is 10.8. The molecule has 1 heterocycles. The lowest BCUT2D eigenvalue weighted by Gasteiger charge is -2.30. The molecule has 1 aromatic heterocycles. The maximum atomic E-state index is 11.6. The lowest BCUT2D eigenvalue weighted by Crippen LogP contribution is -2.30. The van der Waals surface area contributed by atoms with Gasteiger partial charge in [0, 0.05) is 25.1 Å². The second-order valence-electron chi connectivity index (χ2n) is 5.27. The number of aliphatic hydroxyl groups excluding tert-OH is 1. The Bertz CT molecular complexity index is 509. The van der Waals surface area contributed by atoms with Crippen LogP contribution in [0.25, 0.3) is 0 Å². The van der Waals surface area contributed by atoms with Gasteiger partial charge in [-0.15, -0.1) is 0 Å². The largest absolute Gasteiger partial charge is 0.388 e. The van der Waals surface area contributed by atoms with Crippen molar-refractivity contribution in [2.24, 2.45) is 13.0 Å². The van der Waals surface area contributed by atoms with Crippen LogP contribution in [0, 0.1) is 5.92 Å². The fourth-order valence-corrected chi connectivity index (χ4v) is 3.91. The van der Waals surface area contributed by atoms with Gasteiger partial charge in [0.25, 0.3) is 0 Å². The van der Waals surface area contributed by atoms with E-state index in [1.807, 2.05) is 0 Å². The van der Waals surface area contributed by atoms with Crippen LogP contribution in [0.4, 0.5) is 0 Å². The fourth-order valence-electron chi connectivity index (χ4n) is 2.72. The van der Waals surface area contributed by atoms with Gasteiger partial charge in [-0.05, 0) is 25.2 Å². The Kier molecular flexibility index (Phi) is 3.77. The van der Waals surface area contributed by atoms with Crippen molar-refractivity contribution in [1.82, 2.24) is 9.78 Å². The molecule has 0 bridgehead atoms. The second kappa shape index (κ2) is 5.01. The third kappa shape index (κ3) is 2.92. The third-order valence-corrected chi connectivity index (χ3v) is 5.42. The number of sulfone groups is 1. The van der Waals surface area contributed by atoms with Crippen LogP contribution in [0.3, 0.4) is 0 Å². The standard InChI is InChI=1S/C12H20N2O3S/c1-14-8-10(7-13-14)12(15)9-4-3-5-11(6-9)18(2,16)17/h7-9,11-12,15H,3-6H2,1-2H3. The Morgan fingerprint density at radius 1 is 1.50 bits per heavy atom. The van der Waals surface area contributed by atoms with Gasteiger partial charge < -0.3 is 5.11 Å². The van der Waals surface area contributed by atoms with Crippen molar-refractivity contribution in [3.63, 3.8) is 0 Å². The van der Waals surface area contributed by atoms with E-state index in [-0.39, 0.29) is 11.2 Å². The first kappa shape index (κ1) is 13.5. The van der Waals surface area contributed by atoms with E-state index in [1.165, 1.54) is 6.26 Å². The van der Waals surface area contributed by atoms with Gasteiger partial charge in [-0.3, -0.25) is 4.68 Å². The molecule has 6 heteroatoms. The Morgan fingerprint density at radius 2 is 2.22 bits per heavy atom. The second-order valence-corrected chi connectivity index (χ2v) is 7.60. The first-order valence-corrected chi connectivity index (χ1v) is 8.19. The highest BCUT2D eigenvalue weighted by Gasteiger charge is 2.33. The molecule has 0 aliphatic heterocycles. The summed E-state index contributed by atoms with van der Waals surface area (Å²) in [6.45, 7) is 0. The van der Waals surface area contributed by atoms with E-state index in [0.29, 0.717) is 6.42 Å². The van der Waals surface area contributed by atoms with Gasteiger partial charge in [0.1, 0.15) is 9.84 Å². The van der Waals surface area contributed by atoms with Crippen LogP contribution >= 0.6 is 0 Å². The summed E-state index contributed by atoms with van der Waals surface area (Å²) in [4.78, 5) is 0. The highest BCUT2D eigenvalue weighted by molar-refractivity contribution is 7.91. The number of aliphatic hydroxyl groups is 1. The van der Waals surface area contributed by atoms with Gasteiger partial charge in [0.05, 0.1) is 17.6 Å². The smallest absolute Gasteiger partial charge is 0.150 e. The molecule has 0 aromatic carbocycles. The molecule has 3 unspecified atom stereocenters. The van der Waals surface area contributed by atoms with Crippen LogP contribution in [0.5, 0.6) is 0 Å². The summed E-state index contributed by atoms with van der Waals surface area (Å²) in [5.74, 6) is 0.0164. The molecule has 1 aliphatic carbocycles. The summed E-state index contributed by atoms with van der Waals surface area (Å²) >= 11 is 0. The highest BCUT2D eigenvalue weighted by atomic mass is 32.2. The summed E-state index contributed by atoms with van der Waals surface area (Å²) < 4.78 is 24.8. The van der Waals surface area contributed by atoms with Crippen molar-refractivity contribution < 1.29 is 13.5 Å². The third-order valence-electron chi connectivity index (χ3n) is 3.79.